The molecule has 1 aromatic heterocycles. The first-order valence-electron chi connectivity index (χ1n) is 7.99. The molecule has 0 unspecified atom stereocenters. The maximum absolute atomic E-state index is 11.9. The Bertz CT molecular complexity index is 683. The summed E-state index contributed by atoms with van der Waals surface area (Å²) >= 11 is 1.40. The molecule has 1 N–H and O–H groups in total. The Labute approximate surface area is 147 Å². The van der Waals surface area contributed by atoms with Gasteiger partial charge in [-0.25, -0.2) is 0 Å². The second kappa shape index (κ2) is 8.84. The summed E-state index contributed by atoms with van der Waals surface area (Å²) in [5.74, 6) is 0.360. The minimum absolute atomic E-state index is 0.0217. The van der Waals surface area contributed by atoms with E-state index in [1.165, 1.54) is 22.9 Å². The van der Waals surface area contributed by atoms with Gasteiger partial charge in [0.15, 0.2) is 5.16 Å². The maximum Gasteiger partial charge on any atom is 0.230 e. The van der Waals surface area contributed by atoms with Crippen LogP contribution in [-0.4, -0.2) is 58.5 Å². The van der Waals surface area contributed by atoms with Gasteiger partial charge in [-0.15, -0.1) is 10.2 Å². The van der Waals surface area contributed by atoms with Gasteiger partial charge in [0.1, 0.15) is 6.33 Å². The van der Waals surface area contributed by atoms with Crippen molar-refractivity contribution in [3.8, 4) is 5.69 Å². The molecule has 0 atom stereocenters. The van der Waals surface area contributed by atoms with Crippen molar-refractivity contribution in [3.63, 3.8) is 0 Å². The largest absolute Gasteiger partial charge is 0.355 e. The third-order valence-electron chi connectivity index (χ3n) is 3.72. The van der Waals surface area contributed by atoms with Crippen LogP contribution < -0.4 is 5.32 Å². The summed E-state index contributed by atoms with van der Waals surface area (Å²) in [6, 6.07) is 6.22. The molecule has 6 nitrogen and oxygen atoms in total. The number of rotatable bonds is 8. The Balaban J connectivity index is 1.89. The Morgan fingerprint density at radius 2 is 2.08 bits per heavy atom. The summed E-state index contributed by atoms with van der Waals surface area (Å²) in [6.45, 7) is 5.83. The molecule has 1 heterocycles. The summed E-state index contributed by atoms with van der Waals surface area (Å²) in [5, 5.41) is 11.8. The molecule has 0 saturated carbocycles. The van der Waals surface area contributed by atoms with Crippen molar-refractivity contribution in [2.45, 2.75) is 25.4 Å². The molecule has 2 aromatic rings. The van der Waals surface area contributed by atoms with E-state index in [0.29, 0.717) is 12.3 Å². The van der Waals surface area contributed by atoms with Crippen LogP contribution in [0, 0.1) is 13.8 Å². The fourth-order valence-electron chi connectivity index (χ4n) is 2.18. The number of amides is 1. The Hall–Kier alpha value is -1.86. The number of hydrogen-bond acceptors (Lipinski definition) is 5. The van der Waals surface area contributed by atoms with Gasteiger partial charge < -0.3 is 10.2 Å². The predicted octanol–water partition coefficient (Wildman–Crippen LogP) is 2.04. The summed E-state index contributed by atoms with van der Waals surface area (Å²) in [6.07, 6.45) is 2.63. The van der Waals surface area contributed by atoms with E-state index in [0.717, 1.165) is 23.8 Å². The number of nitrogens with zero attached hydrogens (tertiary/aromatic N) is 4. The SMILES string of the molecule is Cc1ccc(-n2cnnc2SCC(=O)NCCCN(C)C)cc1C. The van der Waals surface area contributed by atoms with Crippen LogP contribution in [0.3, 0.4) is 0 Å². The highest BCUT2D eigenvalue weighted by molar-refractivity contribution is 7.99. The monoisotopic (exact) mass is 347 g/mol. The number of carbonyl (C=O) groups excluding carboxylic acids is 1. The smallest absolute Gasteiger partial charge is 0.230 e. The van der Waals surface area contributed by atoms with Gasteiger partial charge in [0, 0.05) is 12.2 Å². The standard InChI is InChI=1S/C17H25N5OS/c1-13-6-7-15(10-14(13)2)22-12-19-20-17(22)24-11-16(23)18-8-5-9-21(3)4/h6-7,10,12H,5,8-9,11H2,1-4H3,(H,18,23). The third-order valence-corrected chi connectivity index (χ3v) is 4.66. The number of carbonyl (C=O) groups is 1. The molecular weight excluding hydrogens is 322 g/mol. The lowest BCUT2D eigenvalue weighted by molar-refractivity contribution is -0.118. The van der Waals surface area contributed by atoms with E-state index >= 15 is 0 Å². The predicted molar refractivity (Wildman–Crippen MR) is 97.7 cm³/mol. The second-order valence-electron chi connectivity index (χ2n) is 6.05. The van der Waals surface area contributed by atoms with Crippen LogP contribution in [-0.2, 0) is 4.79 Å². The van der Waals surface area contributed by atoms with Crippen LogP contribution in [0.1, 0.15) is 17.5 Å². The molecule has 0 saturated heterocycles. The molecule has 0 aliphatic carbocycles. The van der Waals surface area contributed by atoms with Crippen molar-refractivity contribution >= 4 is 17.7 Å². The molecule has 0 spiro atoms. The topological polar surface area (TPSA) is 63.1 Å². The Morgan fingerprint density at radius 3 is 2.79 bits per heavy atom. The van der Waals surface area contributed by atoms with E-state index in [9.17, 15) is 4.79 Å². The number of thioether (sulfide) groups is 1. The highest BCUT2D eigenvalue weighted by Gasteiger charge is 2.10. The molecule has 0 bridgehead atoms. The summed E-state index contributed by atoms with van der Waals surface area (Å²) in [5.41, 5.74) is 3.48. The lowest BCUT2D eigenvalue weighted by Gasteiger charge is -2.10. The van der Waals surface area contributed by atoms with Crippen molar-refractivity contribution in [1.82, 2.24) is 25.0 Å². The van der Waals surface area contributed by atoms with Crippen LogP contribution in [0.25, 0.3) is 5.69 Å². The molecule has 24 heavy (non-hydrogen) atoms. The van der Waals surface area contributed by atoms with Crippen LogP contribution in [0.15, 0.2) is 29.7 Å². The first kappa shape index (κ1) is 18.5. The van der Waals surface area contributed by atoms with Crippen molar-refractivity contribution in [1.29, 1.82) is 0 Å². The van der Waals surface area contributed by atoms with E-state index in [1.807, 2.05) is 24.7 Å². The number of aromatic nitrogens is 3. The van der Waals surface area contributed by atoms with E-state index in [4.69, 9.17) is 0 Å². The molecule has 1 aromatic carbocycles. The van der Waals surface area contributed by atoms with E-state index in [-0.39, 0.29) is 5.91 Å². The van der Waals surface area contributed by atoms with E-state index < -0.39 is 0 Å². The molecule has 0 fully saturated rings. The highest BCUT2D eigenvalue weighted by atomic mass is 32.2. The molecule has 1 amide bonds. The molecule has 0 aliphatic rings. The van der Waals surface area contributed by atoms with Gasteiger partial charge in [-0.2, -0.15) is 0 Å². The summed E-state index contributed by atoms with van der Waals surface area (Å²) < 4.78 is 1.91. The lowest BCUT2D eigenvalue weighted by Crippen LogP contribution is -2.28. The van der Waals surface area contributed by atoms with Crippen molar-refractivity contribution in [2.75, 3.05) is 32.9 Å². The highest BCUT2D eigenvalue weighted by Crippen LogP contribution is 2.21. The normalized spacial score (nSPS) is 11.0. The summed E-state index contributed by atoms with van der Waals surface area (Å²) in [4.78, 5) is 14.0. The first-order chi connectivity index (χ1) is 11.5. The maximum atomic E-state index is 11.9. The van der Waals surface area contributed by atoms with Gasteiger partial charge in [-0.05, 0) is 64.2 Å². The molecule has 7 heteroatoms. The molecule has 2 rings (SSSR count). The fourth-order valence-corrected chi connectivity index (χ4v) is 2.94. The molecule has 0 radical (unpaired) electrons. The molecule has 0 aliphatic heterocycles. The molecular formula is C17H25N5OS. The lowest BCUT2D eigenvalue weighted by atomic mass is 10.1. The van der Waals surface area contributed by atoms with Crippen molar-refractivity contribution < 1.29 is 4.79 Å². The van der Waals surface area contributed by atoms with E-state index in [1.54, 1.807) is 6.33 Å². The molecule has 130 valence electrons. The van der Waals surface area contributed by atoms with Crippen molar-refractivity contribution in [2.24, 2.45) is 0 Å². The third kappa shape index (κ3) is 5.35. The number of hydrogen-bond donors (Lipinski definition) is 1. The first-order valence-corrected chi connectivity index (χ1v) is 8.98. The van der Waals surface area contributed by atoms with Gasteiger partial charge in [0.05, 0.1) is 5.75 Å². The van der Waals surface area contributed by atoms with Crippen molar-refractivity contribution in [3.05, 3.63) is 35.7 Å². The Morgan fingerprint density at radius 1 is 1.29 bits per heavy atom. The van der Waals surface area contributed by atoms with Gasteiger partial charge in [-0.1, -0.05) is 17.8 Å². The average molecular weight is 347 g/mol. The number of nitrogens with one attached hydrogen (secondary N) is 1. The minimum atomic E-state index is 0.0217. The van der Waals surface area contributed by atoms with Crippen LogP contribution in [0.4, 0.5) is 0 Å². The zero-order valence-corrected chi connectivity index (χ0v) is 15.6. The van der Waals surface area contributed by atoms with Crippen LogP contribution in [0.5, 0.6) is 0 Å². The van der Waals surface area contributed by atoms with Gasteiger partial charge in [0.25, 0.3) is 0 Å². The van der Waals surface area contributed by atoms with Crippen LogP contribution in [0.2, 0.25) is 0 Å². The Kier molecular flexibility index (Phi) is 6.81. The summed E-state index contributed by atoms with van der Waals surface area (Å²) in [7, 11) is 4.05. The second-order valence-corrected chi connectivity index (χ2v) is 6.99. The van der Waals surface area contributed by atoms with Gasteiger partial charge in [0.2, 0.25) is 5.91 Å². The zero-order valence-electron chi connectivity index (χ0n) is 14.7. The number of aryl methyl sites for hydroxylation is 2. The number of benzene rings is 1. The van der Waals surface area contributed by atoms with E-state index in [2.05, 4.69) is 46.4 Å². The van der Waals surface area contributed by atoms with Gasteiger partial charge >= 0.3 is 0 Å². The quantitative estimate of drug-likeness (QED) is 0.585. The zero-order chi connectivity index (χ0) is 17.5. The minimum Gasteiger partial charge on any atom is -0.355 e. The van der Waals surface area contributed by atoms with Gasteiger partial charge in [-0.3, -0.25) is 9.36 Å². The average Bonchev–Trinajstić information content (AvgIpc) is 3.00. The fraction of sp³-hybridized carbons (Fsp3) is 0.471. The van der Waals surface area contributed by atoms with Crippen LogP contribution >= 0.6 is 11.8 Å².